The van der Waals surface area contributed by atoms with Gasteiger partial charge in [-0.25, -0.2) is 0 Å². The number of nitrogens with one attached hydrogen (secondary N) is 1. The summed E-state index contributed by atoms with van der Waals surface area (Å²) in [5, 5.41) is 7.16. The lowest BCUT2D eigenvalue weighted by Gasteiger charge is -2.45. The Morgan fingerprint density at radius 1 is 1.11 bits per heavy atom. The molecule has 0 saturated heterocycles. The molecule has 5 heteroatoms. The van der Waals surface area contributed by atoms with E-state index in [1.807, 2.05) is 0 Å². The molecule has 0 fully saturated rings. The number of amides is 1. The van der Waals surface area contributed by atoms with Crippen molar-refractivity contribution in [1.82, 2.24) is 15.1 Å². The maximum Gasteiger partial charge on any atom is 0.256 e. The molecule has 27 heavy (non-hydrogen) atoms. The average molecular weight is 358 g/mol. The van der Waals surface area contributed by atoms with Crippen molar-refractivity contribution in [3.63, 3.8) is 0 Å². The first-order valence-electron chi connectivity index (χ1n) is 9.38. The molecule has 1 aromatic heterocycles. The van der Waals surface area contributed by atoms with Crippen LogP contribution < -0.4 is 11.1 Å². The Bertz CT molecular complexity index is 991. The summed E-state index contributed by atoms with van der Waals surface area (Å²) >= 11 is 0. The smallest absolute Gasteiger partial charge is 0.256 e. The maximum absolute atomic E-state index is 12.6. The molecule has 0 spiro atoms. The highest BCUT2D eigenvalue weighted by Crippen LogP contribution is 2.55. The van der Waals surface area contributed by atoms with Crippen molar-refractivity contribution in [2.45, 2.75) is 18.3 Å². The van der Waals surface area contributed by atoms with E-state index in [0.29, 0.717) is 35.7 Å². The van der Waals surface area contributed by atoms with Crippen molar-refractivity contribution in [1.29, 1.82) is 0 Å². The van der Waals surface area contributed by atoms with Crippen LogP contribution in [0.25, 0.3) is 0 Å². The van der Waals surface area contributed by atoms with Gasteiger partial charge in [-0.1, -0.05) is 48.5 Å². The molecule has 136 valence electrons. The van der Waals surface area contributed by atoms with Gasteiger partial charge in [0.2, 0.25) is 0 Å². The van der Waals surface area contributed by atoms with E-state index in [0.717, 1.165) is 6.42 Å². The second-order valence-corrected chi connectivity index (χ2v) is 7.56. The van der Waals surface area contributed by atoms with Gasteiger partial charge in [0.05, 0.1) is 6.20 Å². The Labute approximate surface area is 158 Å². The average Bonchev–Trinajstić information content (AvgIpc) is 3.05. The number of hydrogen-bond donors (Lipinski definition) is 2. The molecule has 0 saturated carbocycles. The zero-order valence-corrected chi connectivity index (χ0v) is 15.2. The minimum absolute atomic E-state index is 0.149. The first kappa shape index (κ1) is 16.1. The Morgan fingerprint density at radius 2 is 1.70 bits per heavy atom. The van der Waals surface area contributed by atoms with Crippen LogP contribution in [0.4, 0.5) is 5.82 Å². The summed E-state index contributed by atoms with van der Waals surface area (Å²) in [6.45, 7) is 0.636. The Balaban J connectivity index is 1.44. The van der Waals surface area contributed by atoms with Crippen LogP contribution in [0.2, 0.25) is 0 Å². The van der Waals surface area contributed by atoms with Crippen molar-refractivity contribution >= 4 is 11.7 Å². The van der Waals surface area contributed by atoms with Gasteiger partial charge in [-0.2, -0.15) is 5.10 Å². The van der Waals surface area contributed by atoms with Crippen LogP contribution in [-0.4, -0.2) is 22.2 Å². The standard InChI is InChI=1S/C22H22N4O/c1-26-21(23)19(12-25-26)22(27)24-11-13-10-18-14-6-2-4-8-16(14)20(13)17-9-5-3-7-15(17)18/h2-9,12-13,18,20H,10-11,23H2,1H3,(H,24,27)/t13-,18?,20?/m1/s1. The fraction of sp³-hybridized carbons (Fsp3) is 0.273. The monoisotopic (exact) mass is 358 g/mol. The first-order chi connectivity index (χ1) is 13.1. The molecule has 2 aromatic carbocycles. The molecule has 0 aliphatic heterocycles. The molecule has 2 bridgehead atoms. The van der Waals surface area contributed by atoms with E-state index in [-0.39, 0.29) is 5.91 Å². The van der Waals surface area contributed by atoms with Gasteiger partial charge in [-0.15, -0.1) is 0 Å². The molecule has 6 rings (SSSR count). The minimum Gasteiger partial charge on any atom is -0.383 e. The maximum atomic E-state index is 12.6. The largest absolute Gasteiger partial charge is 0.383 e. The number of carbonyl (C=O) groups is 1. The summed E-state index contributed by atoms with van der Waals surface area (Å²) in [6.07, 6.45) is 2.59. The first-order valence-corrected chi connectivity index (χ1v) is 9.38. The number of rotatable bonds is 3. The zero-order valence-electron chi connectivity index (χ0n) is 15.2. The van der Waals surface area contributed by atoms with Crippen LogP contribution >= 0.6 is 0 Å². The fourth-order valence-electron chi connectivity index (χ4n) is 4.90. The third-order valence-corrected chi connectivity index (χ3v) is 6.18. The molecule has 1 heterocycles. The summed E-state index contributed by atoms with van der Waals surface area (Å²) in [5.41, 5.74) is 12.1. The van der Waals surface area contributed by atoms with E-state index < -0.39 is 0 Å². The van der Waals surface area contributed by atoms with Gasteiger partial charge in [0, 0.05) is 25.4 Å². The molecule has 1 atom stereocenters. The number of fused-ring (bicyclic) bond motifs is 1. The van der Waals surface area contributed by atoms with Crippen molar-refractivity contribution in [2.75, 3.05) is 12.3 Å². The minimum atomic E-state index is -0.149. The lowest BCUT2D eigenvalue weighted by Crippen LogP contribution is -2.39. The van der Waals surface area contributed by atoms with Crippen LogP contribution in [-0.2, 0) is 7.05 Å². The molecule has 0 unspecified atom stereocenters. The second kappa shape index (κ2) is 5.98. The number of aryl methyl sites for hydroxylation is 1. The third kappa shape index (κ3) is 2.38. The van der Waals surface area contributed by atoms with Gasteiger partial charge in [0.15, 0.2) is 0 Å². The lowest BCUT2D eigenvalue weighted by molar-refractivity contribution is 0.0943. The van der Waals surface area contributed by atoms with Crippen molar-refractivity contribution in [2.24, 2.45) is 13.0 Å². The van der Waals surface area contributed by atoms with Crippen LogP contribution in [0.1, 0.15) is 50.9 Å². The molecule has 3 aliphatic rings. The summed E-state index contributed by atoms with van der Waals surface area (Å²) in [5.74, 6) is 1.36. The van der Waals surface area contributed by atoms with Gasteiger partial charge >= 0.3 is 0 Å². The number of aromatic nitrogens is 2. The Hall–Kier alpha value is -3.08. The third-order valence-electron chi connectivity index (χ3n) is 6.18. The van der Waals surface area contributed by atoms with Gasteiger partial charge in [0.1, 0.15) is 11.4 Å². The van der Waals surface area contributed by atoms with E-state index in [2.05, 4.69) is 58.9 Å². The summed E-state index contributed by atoms with van der Waals surface area (Å²) in [4.78, 5) is 12.6. The van der Waals surface area contributed by atoms with E-state index in [1.165, 1.54) is 33.1 Å². The highest BCUT2D eigenvalue weighted by atomic mass is 16.1. The van der Waals surface area contributed by atoms with Crippen LogP contribution in [0, 0.1) is 5.92 Å². The normalized spacial score (nSPS) is 22.2. The number of nitrogens with zero attached hydrogens (tertiary/aromatic N) is 2. The van der Waals surface area contributed by atoms with Gasteiger partial charge in [0.25, 0.3) is 5.91 Å². The van der Waals surface area contributed by atoms with Crippen LogP contribution in [0.3, 0.4) is 0 Å². The number of hydrogen-bond acceptors (Lipinski definition) is 3. The van der Waals surface area contributed by atoms with Crippen molar-refractivity contribution < 1.29 is 4.79 Å². The summed E-state index contributed by atoms with van der Waals surface area (Å²) in [7, 11) is 1.74. The number of benzene rings is 2. The quantitative estimate of drug-likeness (QED) is 0.756. The molecular weight excluding hydrogens is 336 g/mol. The van der Waals surface area contributed by atoms with Crippen LogP contribution in [0.15, 0.2) is 54.7 Å². The van der Waals surface area contributed by atoms with Crippen molar-refractivity contribution in [3.8, 4) is 0 Å². The zero-order chi connectivity index (χ0) is 18.5. The number of anilines is 1. The fourth-order valence-corrected chi connectivity index (χ4v) is 4.90. The van der Waals surface area contributed by atoms with E-state index >= 15 is 0 Å². The summed E-state index contributed by atoms with van der Waals surface area (Å²) < 4.78 is 1.52. The van der Waals surface area contributed by atoms with Gasteiger partial charge in [-0.05, 0) is 34.6 Å². The second-order valence-electron chi connectivity index (χ2n) is 7.56. The van der Waals surface area contributed by atoms with Crippen LogP contribution in [0.5, 0.6) is 0 Å². The summed E-state index contributed by atoms with van der Waals surface area (Å²) in [6, 6.07) is 17.5. The molecule has 3 N–H and O–H groups in total. The predicted molar refractivity (Wildman–Crippen MR) is 105 cm³/mol. The van der Waals surface area contributed by atoms with E-state index in [9.17, 15) is 4.79 Å². The molecule has 1 amide bonds. The Morgan fingerprint density at radius 3 is 2.26 bits per heavy atom. The van der Waals surface area contributed by atoms with E-state index in [4.69, 9.17) is 5.73 Å². The predicted octanol–water partition coefficient (Wildman–Crippen LogP) is 3.03. The molecule has 5 nitrogen and oxygen atoms in total. The molecule has 3 aromatic rings. The lowest BCUT2D eigenvalue weighted by atomic mass is 9.59. The molecule has 3 aliphatic carbocycles. The number of carbonyl (C=O) groups excluding carboxylic acids is 1. The highest BCUT2D eigenvalue weighted by Gasteiger charge is 2.42. The Kier molecular flexibility index (Phi) is 3.57. The van der Waals surface area contributed by atoms with E-state index in [1.54, 1.807) is 7.05 Å². The van der Waals surface area contributed by atoms with Crippen molar-refractivity contribution in [3.05, 3.63) is 82.5 Å². The van der Waals surface area contributed by atoms with Gasteiger partial charge in [-0.3, -0.25) is 9.48 Å². The molecule has 0 radical (unpaired) electrons. The SMILES string of the molecule is Cn1ncc(C(=O)NC[C@H]2CC3c4ccccc4C2c2ccccc23)c1N. The molecular formula is C22H22N4O. The topological polar surface area (TPSA) is 72.9 Å². The number of nitrogens with two attached hydrogens (primary N) is 1. The number of nitrogen functional groups attached to an aromatic ring is 1. The van der Waals surface area contributed by atoms with Gasteiger partial charge < -0.3 is 11.1 Å². The highest BCUT2D eigenvalue weighted by molar-refractivity contribution is 5.98.